The summed E-state index contributed by atoms with van der Waals surface area (Å²) in [6.45, 7) is 4.76. The summed E-state index contributed by atoms with van der Waals surface area (Å²) in [6, 6.07) is 62.3. The maximum Gasteiger partial charge on any atom is 0.143 e. The Bertz CT molecular complexity index is 3030. The fourth-order valence-electron chi connectivity index (χ4n) is 9.31. The fourth-order valence-corrected chi connectivity index (χ4v) is 9.31. The molecular formula is C51H34O. The van der Waals surface area contributed by atoms with Crippen LogP contribution in [0.4, 0.5) is 0 Å². The fraction of sp³-hybridized carbons (Fsp3) is 0.0588. The minimum atomic E-state index is -0.183. The standard InChI is InChI=1S/C51H34O/c1-51(2)45-30-33(23-24-35(45)41-25-28-44-42(49(41)51)26-27-43-36-17-10-11-22-46(36)52-50(43)44)32-15-12-16-34(29-32)48-39-20-8-6-18-37(39)47(31-13-4-3-5-14-31)38-19-7-9-21-40(38)48/h3-30H,1-2H3. The maximum absolute atomic E-state index is 6.48. The average molecular weight is 663 g/mol. The van der Waals surface area contributed by atoms with Gasteiger partial charge in [0.1, 0.15) is 11.2 Å². The SMILES string of the molecule is CC1(C)c2cc(-c3cccc(-c4c5ccccc5c(-c5ccccc5)c5ccccc45)c3)ccc2-c2ccc3c(ccc4c5ccccc5oc34)c21. The van der Waals surface area contributed by atoms with Crippen molar-refractivity contribution in [3.8, 4) is 44.5 Å². The molecule has 1 aliphatic rings. The van der Waals surface area contributed by atoms with Crippen LogP contribution in [-0.4, -0.2) is 0 Å². The van der Waals surface area contributed by atoms with Gasteiger partial charge in [0.05, 0.1) is 0 Å². The zero-order chi connectivity index (χ0) is 34.6. The number of para-hydroxylation sites is 1. The summed E-state index contributed by atoms with van der Waals surface area (Å²) in [5.74, 6) is 0. The highest BCUT2D eigenvalue weighted by atomic mass is 16.3. The van der Waals surface area contributed by atoms with Gasteiger partial charge in [0.2, 0.25) is 0 Å². The van der Waals surface area contributed by atoms with Gasteiger partial charge in [-0.15, -0.1) is 0 Å². The van der Waals surface area contributed by atoms with Crippen LogP contribution in [0, 0.1) is 0 Å². The van der Waals surface area contributed by atoms with Crippen molar-refractivity contribution >= 4 is 54.3 Å². The van der Waals surface area contributed by atoms with Gasteiger partial charge >= 0.3 is 0 Å². The quantitative estimate of drug-likeness (QED) is 0.172. The van der Waals surface area contributed by atoms with E-state index in [2.05, 4.69) is 178 Å². The number of furan rings is 1. The third kappa shape index (κ3) is 4.05. The molecule has 0 fully saturated rings. The molecule has 52 heavy (non-hydrogen) atoms. The molecular weight excluding hydrogens is 629 g/mol. The lowest BCUT2D eigenvalue weighted by Gasteiger charge is -2.24. The van der Waals surface area contributed by atoms with Crippen molar-refractivity contribution in [3.63, 3.8) is 0 Å². The highest BCUT2D eigenvalue weighted by Crippen LogP contribution is 2.53. The predicted octanol–water partition coefficient (Wildman–Crippen LogP) is 14.4. The molecule has 1 heterocycles. The molecule has 0 amide bonds. The molecule has 0 aliphatic heterocycles. The van der Waals surface area contributed by atoms with Crippen LogP contribution >= 0.6 is 0 Å². The summed E-state index contributed by atoms with van der Waals surface area (Å²) in [5.41, 5.74) is 14.6. The number of rotatable bonds is 3. The first-order chi connectivity index (χ1) is 25.6. The van der Waals surface area contributed by atoms with Crippen LogP contribution in [0.2, 0.25) is 0 Å². The van der Waals surface area contributed by atoms with Gasteiger partial charge in [-0.05, 0) is 113 Å². The molecule has 11 rings (SSSR count). The number of hydrogen-bond acceptors (Lipinski definition) is 1. The van der Waals surface area contributed by atoms with E-state index in [-0.39, 0.29) is 5.41 Å². The van der Waals surface area contributed by atoms with E-state index in [4.69, 9.17) is 4.42 Å². The molecule has 0 spiro atoms. The molecule has 1 aromatic heterocycles. The van der Waals surface area contributed by atoms with Gasteiger partial charge in [0, 0.05) is 21.6 Å². The van der Waals surface area contributed by atoms with E-state index in [9.17, 15) is 0 Å². The number of benzene rings is 9. The Morgan fingerprint density at radius 1 is 0.365 bits per heavy atom. The van der Waals surface area contributed by atoms with Gasteiger partial charge in [0.25, 0.3) is 0 Å². The van der Waals surface area contributed by atoms with E-state index >= 15 is 0 Å². The summed E-state index contributed by atoms with van der Waals surface area (Å²) in [4.78, 5) is 0. The van der Waals surface area contributed by atoms with Crippen molar-refractivity contribution < 1.29 is 4.42 Å². The summed E-state index contributed by atoms with van der Waals surface area (Å²) in [7, 11) is 0. The first-order valence-electron chi connectivity index (χ1n) is 18.2. The van der Waals surface area contributed by atoms with Crippen molar-refractivity contribution in [1.29, 1.82) is 0 Å². The van der Waals surface area contributed by atoms with Crippen LogP contribution < -0.4 is 0 Å². The maximum atomic E-state index is 6.48. The first-order valence-corrected chi connectivity index (χ1v) is 18.2. The van der Waals surface area contributed by atoms with Gasteiger partial charge in [-0.25, -0.2) is 0 Å². The lowest BCUT2D eigenvalue weighted by atomic mass is 9.79. The topological polar surface area (TPSA) is 13.1 Å². The van der Waals surface area contributed by atoms with Crippen molar-refractivity contribution in [1.82, 2.24) is 0 Å². The van der Waals surface area contributed by atoms with Crippen molar-refractivity contribution in [2.45, 2.75) is 19.3 Å². The molecule has 1 aliphatic carbocycles. The normalized spacial score (nSPS) is 13.3. The van der Waals surface area contributed by atoms with Gasteiger partial charge in [-0.3, -0.25) is 0 Å². The molecule has 0 N–H and O–H groups in total. The lowest BCUT2D eigenvalue weighted by Crippen LogP contribution is -2.15. The van der Waals surface area contributed by atoms with Gasteiger partial charge in [-0.2, -0.15) is 0 Å². The molecule has 0 unspecified atom stereocenters. The lowest BCUT2D eigenvalue weighted by molar-refractivity contribution is 0.665. The molecule has 244 valence electrons. The summed E-state index contributed by atoms with van der Waals surface area (Å²) in [6.07, 6.45) is 0. The Hall–Kier alpha value is -6.44. The average Bonchev–Trinajstić information content (AvgIpc) is 3.69. The largest absolute Gasteiger partial charge is 0.455 e. The van der Waals surface area contributed by atoms with Gasteiger partial charge in [0.15, 0.2) is 0 Å². The molecule has 0 bridgehead atoms. The summed E-state index contributed by atoms with van der Waals surface area (Å²) in [5, 5.41) is 9.89. The molecule has 1 heteroatoms. The molecule has 10 aromatic rings. The van der Waals surface area contributed by atoms with Crippen LogP contribution in [-0.2, 0) is 5.41 Å². The third-order valence-electron chi connectivity index (χ3n) is 11.6. The van der Waals surface area contributed by atoms with Crippen molar-refractivity contribution in [2.75, 3.05) is 0 Å². The van der Waals surface area contributed by atoms with Gasteiger partial charge in [-0.1, -0.05) is 153 Å². The van der Waals surface area contributed by atoms with Crippen LogP contribution in [0.1, 0.15) is 25.0 Å². The third-order valence-corrected chi connectivity index (χ3v) is 11.6. The molecule has 0 saturated heterocycles. The van der Waals surface area contributed by atoms with Crippen LogP contribution in [0.25, 0.3) is 98.8 Å². The zero-order valence-electron chi connectivity index (χ0n) is 29.1. The monoisotopic (exact) mass is 662 g/mol. The smallest absolute Gasteiger partial charge is 0.143 e. The van der Waals surface area contributed by atoms with E-state index in [0.29, 0.717) is 0 Å². The Kier molecular flexibility index (Phi) is 6.08. The molecule has 1 nitrogen and oxygen atoms in total. The second-order valence-corrected chi connectivity index (χ2v) is 14.8. The molecule has 9 aromatic carbocycles. The summed E-state index contributed by atoms with van der Waals surface area (Å²) >= 11 is 0. The Morgan fingerprint density at radius 3 is 1.62 bits per heavy atom. The molecule has 0 saturated carbocycles. The van der Waals surface area contributed by atoms with E-state index in [1.807, 2.05) is 6.07 Å². The number of hydrogen-bond donors (Lipinski definition) is 0. The van der Waals surface area contributed by atoms with E-state index in [1.165, 1.54) is 98.7 Å². The summed E-state index contributed by atoms with van der Waals surface area (Å²) < 4.78 is 6.48. The Morgan fingerprint density at radius 2 is 0.885 bits per heavy atom. The highest BCUT2D eigenvalue weighted by molar-refractivity contribution is 6.21. The molecule has 0 radical (unpaired) electrons. The Balaban J connectivity index is 1.07. The molecule has 0 atom stereocenters. The van der Waals surface area contributed by atoms with Crippen LogP contribution in [0.5, 0.6) is 0 Å². The van der Waals surface area contributed by atoms with E-state index in [1.54, 1.807) is 0 Å². The highest BCUT2D eigenvalue weighted by Gasteiger charge is 2.37. The minimum Gasteiger partial charge on any atom is -0.455 e. The second-order valence-electron chi connectivity index (χ2n) is 14.8. The van der Waals surface area contributed by atoms with E-state index < -0.39 is 0 Å². The minimum absolute atomic E-state index is 0.183. The predicted molar refractivity (Wildman–Crippen MR) is 220 cm³/mol. The van der Waals surface area contributed by atoms with E-state index in [0.717, 1.165) is 11.2 Å². The van der Waals surface area contributed by atoms with Crippen LogP contribution in [0.15, 0.2) is 174 Å². The second kappa shape index (κ2) is 10.8. The Labute approximate surface area is 302 Å². The zero-order valence-corrected chi connectivity index (χ0v) is 29.1. The van der Waals surface area contributed by atoms with Gasteiger partial charge < -0.3 is 4.42 Å². The van der Waals surface area contributed by atoms with Crippen molar-refractivity contribution in [2.24, 2.45) is 0 Å². The first kappa shape index (κ1) is 29.3. The van der Waals surface area contributed by atoms with Crippen LogP contribution in [0.3, 0.4) is 0 Å². The van der Waals surface area contributed by atoms with Crippen molar-refractivity contribution in [3.05, 3.63) is 181 Å². The number of fused-ring (bicyclic) bond motifs is 11.